The van der Waals surface area contributed by atoms with E-state index in [4.69, 9.17) is 5.26 Å². The van der Waals surface area contributed by atoms with Crippen LogP contribution in [0.1, 0.15) is 6.42 Å². The lowest BCUT2D eigenvalue weighted by atomic mass is 10.0. The summed E-state index contributed by atoms with van der Waals surface area (Å²) in [7, 11) is -3.78. The van der Waals surface area contributed by atoms with Crippen LogP contribution in [0.5, 0.6) is 0 Å². The topological polar surface area (TPSA) is 70.0 Å². The molecule has 0 amide bonds. The highest BCUT2D eigenvalue weighted by molar-refractivity contribution is 7.99. The summed E-state index contributed by atoms with van der Waals surface area (Å²) >= 11 is 1.53. The average Bonchev–Trinajstić information content (AvgIpc) is 2.78. The number of nitrogens with zero attached hydrogens (tertiary/aromatic N) is 1. The molecule has 1 aliphatic rings. The van der Waals surface area contributed by atoms with Crippen molar-refractivity contribution < 1.29 is 12.8 Å². The molecule has 0 aliphatic carbocycles. The Kier molecular flexibility index (Phi) is 3.61. The van der Waals surface area contributed by atoms with Crippen LogP contribution in [0.25, 0.3) is 0 Å². The van der Waals surface area contributed by atoms with Gasteiger partial charge in [0.1, 0.15) is 11.4 Å². The summed E-state index contributed by atoms with van der Waals surface area (Å²) < 4.78 is 39.3. The Bertz CT molecular complexity index is 572. The second kappa shape index (κ2) is 4.88. The Morgan fingerprint density at radius 3 is 2.56 bits per heavy atom. The summed E-state index contributed by atoms with van der Waals surface area (Å²) in [5.41, 5.74) is -1.04. The van der Waals surface area contributed by atoms with Crippen molar-refractivity contribution in [1.82, 2.24) is 4.72 Å². The number of hydrogen-bond acceptors (Lipinski definition) is 4. The van der Waals surface area contributed by atoms with Crippen LogP contribution < -0.4 is 4.72 Å². The molecule has 1 N–H and O–H groups in total. The second-order valence-electron chi connectivity index (χ2n) is 4.06. The molecular formula is C11H11FN2O2S2. The van der Waals surface area contributed by atoms with Gasteiger partial charge in [0.15, 0.2) is 0 Å². The van der Waals surface area contributed by atoms with E-state index in [9.17, 15) is 12.8 Å². The summed E-state index contributed by atoms with van der Waals surface area (Å²) in [6.07, 6.45) is 0.481. The van der Waals surface area contributed by atoms with Gasteiger partial charge in [0.25, 0.3) is 0 Å². The highest BCUT2D eigenvalue weighted by Crippen LogP contribution is 2.29. The van der Waals surface area contributed by atoms with Gasteiger partial charge in [0.2, 0.25) is 10.0 Å². The molecule has 1 aromatic carbocycles. The van der Waals surface area contributed by atoms with Crippen LogP contribution in [-0.4, -0.2) is 25.5 Å². The number of hydrogen-bond donors (Lipinski definition) is 1. The summed E-state index contributed by atoms with van der Waals surface area (Å²) in [6.45, 7) is 0. The number of halogens is 1. The molecule has 18 heavy (non-hydrogen) atoms. The summed E-state index contributed by atoms with van der Waals surface area (Å²) in [5.74, 6) is 0.684. The lowest BCUT2D eigenvalue weighted by molar-refractivity contribution is 0.514. The van der Waals surface area contributed by atoms with Crippen LogP contribution in [0, 0.1) is 17.1 Å². The first kappa shape index (κ1) is 13.3. The van der Waals surface area contributed by atoms with Gasteiger partial charge in [-0.1, -0.05) is 0 Å². The molecule has 0 bridgehead atoms. The minimum atomic E-state index is -3.78. The van der Waals surface area contributed by atoms with Crippen LogP contribution in [0.2, 0.25) is 0 Å². The Hall–Kier alpha value is -1.10. The van der Waals surface area contributed by atoms with Gasteiger partial charge in [0, 0.05) is 5.75 Å². The van der Waals surface area contributed by atoms with Crippen LogP contribution >= 0.6 is 11.8 Å². The lowest BCUT2D eigenvalue weighted by Crippen LogP contribution is -2.47. The zero-order chi connectivity index (χ0) is 13.2. The van der Waals surface area contributed by atoms with Crippen molar-refractivity contribution in [3.63, 3.8) is 0 Å². The molecule has 1 fully saturated rings. The molecule has 0 aromatic heterocycles. The standard InChI is InChI=1S/C11H11FN2O2S2/c12-9-1-3-10(4-2-9)18(15,16)14-11(7-13)5-6-17-8-11/h1-4,14H,5-6,8H2/t11-/m0/s1. The molecule has 1 aromatic rings. The first-order chi connectivity index (χ1) is 8.47. The maximum Gasteiger partial charge on any atom is 0.241 e. The van der Waals surface area contributed by atoms with Crippen LogP contribution in [0.15, 0.2) is 29.2 Å². The second-order valence-corrected chi connectivity index (χ2v) is 6.84. The number of nitriles is 1. The van der Waals surface area contributed by atoms with Crippen molar-refractivity contribution in [2.24, 2.45) is 0 Å². The minimum absolute atomic E-state index is 0.0320. The Balaban J connectivity index is 2.27. The molecule has 0 saturated carbocycles. The smallest absolute Gasteiger partial charge is 0.207 e. The third-order valence-electron chi connectivity index (χ3n) is 2.69. The molecule has 4 nitrogen and oxygen atoms in total. The van der Waals surface area contributed by atoms with Gasteiger partial charge in [-0.25, -0.2) is 12.8 Å². The van der Waals surface area contributed by atoms with Crippen LogP contribution in [-0.2, 0) is 10.0 Å². The number of sulfonamides is 1. The minimum Gasteiger partial charge on any atom is -0.207 e. The highest BCUT2D eigenvalue weighted by Gasteiger charge is 2.38. The molecule has 0 spiro atoms. The summed E-state index contributed by atoms with van der Waals surface area (Å²) in [5, 5.41) is 9.12. The van der Waals surface area contributed by atoms with Gasteiger partial charge in [-0.05, 0) is 36.4 Å². The Labute approximate surface area is 109 Å². The Morgan fingerprint density at radius 2 is 2.06 bits per heavy atom. The average molecular weight is 286 g/mol. The molecule has 7 heteroatoms. The van der Waals surface area contributed by atoms with Crippen molar-refractivity contribution in [3.05, 3.63) is 30.1 Å². The molecule has 0 radical (unpaired) electrons. The zero-order valence-corrected chi connectivity index (χ0v) is 11.0. The lowest BCUT2D eigenvalue weighted by Gasteiger charge is -2.20. The SMILES string of the molecule is N#C[C@@]1(NS(=O)(=O)c2ccc(F)cc2)CCSC1. The number of nitrogens with one attached hydrogen (secondary N) is 1. The first-order valence-corrected chi connectivity index (χ1v) is 7.90. The van der Waals surface area contributed by atoms with E-state index in [0.717, 1.165) is 17.9 Å². The van der Waals surface area contributed by atoms with E-state index in [0.29, 0.717) is 12.2 Å². The first-order valence-electron chi connectivity index (χ1n) is 5.26. The zero-order valence-electron chi connectivity index (χ0n) is 9.39. The normalized spacial score (nSPS) is 23.8. The molecule has 1 saturated heterocycles. The predicted octanol–water partition coefficient (Wildman–Crippen LogP) is 1.50. The van der Waals surface area contributed by atoms with Gasteiger partial charge in [0.05, 0.1) is 11.0 Å². The van der Waals surface area contributed by atoms with Crippen molar-refractivity contribution in [1.29, 1.82) is 5.26 Å². The van der Waals surface area contributed by atoms with E-state index in [-0.39, 0.29) is 4.90 Å². The van der Waals surface area contributed by atoms with E-state index >= 15 is 0 Å². The monoisotopic (exact) mass is 286 g/mol. The van der Waals surface area contributed by atoms with Crippen molar-refractivity contribution in [3.8, 4) is 6.07 Å². The maximum absolute atomic E-state index is 12.8. The summed E-state index contributed by atoms with van der Waals surface area (Å²) in [6, 6.07) is 6.56. The molecule has 2 rings (SSSR count). The van der Waals surface area contributed by atoms with Gasteiger partial charge in [-0.15, -0.1) is 0 Å². The molecule has 96 valence electrons. The molecule has 0 unspecified atom stereocenters. The molecule has 1 atom stereocenters. The number of rotatable bonds is 3. The predicted molar refractivity (Wildman–Crippen MR) is 67.0 cm³/mol. The van der Waals surface area contributed by atoms with Gasteiger partial charge in [-0.2, -0.15) is 21.7 Å². The summed E-state index contributed by atoms with van der Waals surface area (Å²) in [4.78, 5) is -0.0320. The van der Waals surface area contributed by atoms with E-state index in [1.54, 1.807) is 0 Å². The van der Waals surface area contributed by atoms with E-state index in [1.165, 1.54) is 23.9 Å². The molecule has 1 aliphatic heterocycles. The molecule has 1 heterocycles. The van der Waals surface area contributed by atoms with Gasteiger partial charge >= 0.3 is 0 Å². The van der Waals surface area contributed by atoms with Crippen molar-refractivity contribution in [2.75, 3.05) is 11.5 Å². The fraction of sp³-hybridized carbons (Fsp3) is 0.364. The van der Waals surface area contributed by atoms with Crippen molar-refractivity contribution >= 4 is 21.8 Å². The highest BCUT2D eigenvalue weighted by atomic mass is 32.2. The van der Waals surface area contributed by atoms with Gasteiger partial charge < -0.3 is 0 Å². The number of benzene rings is 1. The van der Waals surface area contributed by atoms with E-state index in [1.807, 2.05) is 6.07 Å². The third-order valence-corrected chi connectivity index (χ3v) is 5.43. The molecular weight excluding hydrogens is 275 g/mol. The fourth-order valence-corrected chi connectivity index (χ4v) is 4.39. The van der Waals surface area contributed by atoms with Crippen LogP contribution in [0.4, 0.5) is 4.39 Å². The van der Waals surface area contributed by atoms with E-state index < -0.39 is 21.4 Å². The maximum atomic E-state index is 12.8. The fourth-order valence-electron chi connectivity index (χ4n) is 1.69. The third kappa shape index (κ3) is 2.66. The Morgan fingerprint density at radius 1 is 1.39 bits per heavy atom. The number of thioether (sulfide) groups is 1. The van der Waals surface area contributed by atoms with Crippen molar-refractivity contribution in [2.45, 2.75) is 16.9 Å². The van der Waals surface area contributed by atoms with E-state index in [2.05, 4.69) is 4.72 Å². The quantitative estimate of drug-likeness (QED) is 0.914. The van der Waals surface area contributed by atoms with Crippen LogP contribution in [0.3, 0.4) is 0 Å². The van der Waals surface area contributed by atoms with Gasteiger partial charge in [-0.3, -0.25) is 0 Å². The largest absolute Gasteiger partial charge is 0.241 e.